The van der Waals surface area contributed by atoms with Gasteiger partial charge in [0, 0.05) is 16.1 Å². The van der Waals surface area contributed by atoms with Gasteiger partial charge in [-0.25, -0.2) is 0 Å². The predicted molar refractivity (Wildman–Crippen MR) is 70.9 cm³/mol. The molecule has 0 fully saturated rings. The molecule has 1 nitrogen and oxygen atoms in total. The maximum absolute atomic E-state index is 9.66. The van der Waals surface area contributed by atoms with Gasteiger partial charge in [0.25, 0.3) is 0 Å². The number of benzene rings is 1. The van der Waals surface area contributed by atoms with Crippen LogP contribution < -0.4 is 0 Å². The molecule has 0 amide bonds. The fourth-order valence-corrected chi connectivity index (χ4v) is 1.48. The zero-order valence-electron chi connectivity index (χ0n) is 7.53. The smallest absolute Gasteiger partial charge is 0.124 e. The van der Waals surface area contributed by atoms with Gasteiger partial charge < -0.3 is 5.11 Å². The first-order valence-corrected chi connectivity index (χ1v) is 6.30. The van der Waals surface area contributed by atoms with Crippen molar-refractivity contribution in [1.29, 1.82) is 0 Å². The summed E-state index contributed by atoms with van der Waals surface area (Å²) in [4.78, 5) is 0. The molecule has 1 rings (SSSR count). The van der Waals surface area contributed by atoms with Crippen molar-refractivity contribution in [2.75, 3.05) is 6.26 Å². The third kappa shape index (κ3) is 3.44. The monoisotopic (exact) mass is 288 g/mol. The molecule has 0 aromatic heterocycles. The Morgan fingerprint density at radius 2 is 2.00 bits per heavy atom. The zero-order valence-corrected chi connectivity index (χ0v) is 10.7. The Bertz CT molecular complexity index is 357. The van der Waals surface area contributed by atoms with Crippen molar-refractivity contribution in [3.8, 4) is 0 Å². The molecule has 0 saturated carbocycles. The Hall–Kier alpha value is -0.320. The number of hydrogen-bond acceptors (Lipinski definition) is 3. The highest BCUT2D eigenvalue weighted by Gasteiger charge is 1.99. The molecule has 0 heterocycles. The summed E-state index contributed by atoms with van der Waals surface area (Å²) < 4.78 is 1.66. The summed E-state index contributed by atoms with van der Waals surface area (Å²) in [5.41, 5.74) is 0.768. The standard InChI is InChI=1S/C10H9BrOS2/c1-14-10(13)6-9(12)7-2-4-8(11)5-3-7/h2-6,12H,1H3/b9-6-. The maximum Gasteiger partial charge on any atom is 0.124 e. The molecule has 1 aromatic carbocycles. The van der Waals surface area contributed by atoms with Crippen molar-refractivity contribution in [2.24, 2.45) is 0 Å². The Labute approximate surface area is 101 Å². The second-order valence-electron chi connectivity index (χ2n) is 2.56. The number of hydrogen-bond donors (Lipinski definition) is 1. The summed E-state index contributed by atoms with van der Waals surface area (Å²) in [5.74, 6) is 0.205. The summed E-state index contributed by atoms with van der Waals surface area (Å²) in [7, 11) is 0. The van der Waals surface area contributed by atoms with Crippen LogP contribution in [-0.2, 0) is 0 Å². The lowest BCUT2D eigenvalue weighted by molar-refractivity contribution is 0.512. The van der Waals surface area contributed by atoms with Gasteiger partial charge in [-0.15, -0.1) is 11.8 Å². The van der Waals surface area contributed by atoms with Crippen molar-refractivity contribution in [1.82, 2.24) is 0 Å². The number of aliphatic hydroxyl groups is 1. The van der Waals surface area contributed by atoms with E-state index in [0.29, 0.717) is 4.20 Å². The van der Waals surface area contributed by atoms with Gasteiger partial charge in [-0.3, -0.25) is 0 Å². The van der Waals surface area contributed by atoms with Gasteiger partial charge in [-0.1, -0.05) is 40.3 Å². The third-order valence-corrected chi connectivity index (χ3v) is 3.26. The highest BCUT2D eigenvalue weighted by atomic mass is 79.9. The van der Waals surface area contributed by atoms with Crippen LogP contribution in [0.3, 0.4) is 0 Å². The van der Waals surface area contributed by atoms with Crippen molar-refractivity contribution in [3.05, 3.63) is 40.4 Å². The molecule has 0 unspecified atom stereocenters. The van der Waals surface area contributed by atoms with Crippen molar-refractivity contribution >= 4 is 49.9 Å². The van der Waals surface area contributed by atoms with Crippen LogP contribution in [-0.4, -0.2) is 15.6 Å². The Kier molecular flexibility index (Phi) is 4.65. The first-order chi connectivity index (χ1) is 6.63. The van der Waals surface area contributed by atoms with Crippen LogP contribution in [0.5, 0.6) is 0 Å². The molecule has 1 aromatic rings. The highest BCUT2D eigenvalue weighted by Crippen LogP contribution is 2.17. The molecule has 0 saturated heterocycles. The van der Waals surface area contributed by atoms with E-state index in [0.717, 1.165) is 10.0 Å². The second kappa shape index (κ2) is 5.53. The van der Waals surface area contributed by atoms with Crippen molar-refractivity contribution < 1.29 is 5.11 Å². The van der Waals surface area contributed by atoms with E-state index in [4.69, 9.17) is 12.2 Å². The Morgan fingerprint density at radius 1 is 1.43 bits per heavy atom. The number of thiocarbonyl (C=S) groups is 1. The van der Waals surface area contributed by atoms with E-state index in [9.17, 15) is 5.11 Å². The largest absolute Gasteiger partial charge is 0.507 e. The Balaban J connectivity index is 2.89. The average molecular weight is 289 g/mol. The normalized spacial score (nSPS) is 11.4. The van der Waals surface area contributed by atoms with E-state index < -0.39 is 0 Å². The minimum Gasteiger partial charge on any atom is -0.507 e. The van der Waals surface area contributed by atoms with Crippen LogP contribution in [0.25, 0.3) is 5.76 Å². The fourth-order valence-electron chi connectivity index (χ4n) is 0.875. The molecule has 0 aliphatic heterocycles. The maximum atomic E-state index is 9.66. The van der Waals surface area contributed by atoms with E-state index in [1.54, 1.807) is 6.08 Å². The predicted octanol–water partition coefficient (Wildman–Crippen LogP) is 4.04. The molecule has 1 N–H and O–H groups in total. The molecular formula is C10H9BrOS2. The van der Waals surface area contributed by atoms with E-state index in [-0.39, 0.29) is 5.76 Å². The van der Waals surface area contributed by atoms with E-state index in [2.05, 4.69) is 15.9 Å². The molecule has 0 atom stereocenters. The SMILES string of the molecule is CSC(=S)/C=C(\O)c1ccc(Br)cc1. The van der Waals surface area contributed by atoms with Crippen LogP contribution in [0.1, 0.15) is 5.56 Å². The first kappa shape index (κ1) is 11.8. The summed E-state index contributed by atoms with van der Waals surface area (Å²) in [6.07, 6.45) is 3.47. The molecule has 0 aliphatic rings. The van der Waals surface area contributed by atoms with Gasteiger partial charge in [-0.2, -0.15) is 0 Å². The van der Waals surface area contributed by atoms with Gasteiger partial charge in [0.15, 0.2) is 0 Å². The highest BCUT2D eigenvalue weighted by molar-refractivity contribution is 9.10. The second-order valence-corrected chi connectivity index (χ2v) is 5.02. The van der Waals surface area contributed by atoms with Crippen LogP contribution in [0.15, 0.2) is 34.8 Å². The first-order valence-electron chi connectivity index (χ1n) is 3.88. The lowest BCUT2D eigenvalue weighted by Gasteiger charge is -2.00. The molecule has 14 heavy (non-hydrogen) atoms. The topological polar surface area (TPSA) is 20.2 Å². The van der Waals surface area contributed by atoms with Gasteiger partial charge in [0.2, 0.25) is 0 Å². The van der Waals surface area contributed by atoms with Gasteiger partial charge >= 0.3 is 0 Å². The van der Waals surface area contributed by atoms with E-state index >= 15 is 0 Å². The van der Waals surface area contributed by atoms with Crippen molar-refractivity contribution in [3.63, 3.8) is 0 Å². The molecular weight excluding hydrogens is 280 g/mol. The molecule has 74 valence electrons. The molecule has 0 radical (unpaired) electrons. The quantitative estimate of drug-likeness (QED) is 0.504. The van der Waals surface area contributed by atoms with Crippen molar-refractivity contribution in [2.45, 2.75) is 0 Å². The van der Waals surface area contributed by atoms with Crippen LogP contribution in [0.2, 0.25) is 0 Å². The molecule has 4 heteroatoms. The average Bonchev–Trinajstić information content (AvgIpc) is 2.18. The molecule has 0 aliphatic carbocycles. The van der Waals surface area contributed by atoms with E-state index in [1.165, 1.54) is 11.8 Å². The van der Waals surface area contributed by atoms with Crippen LogP contribution in [0, 0.1) is 0 Å². The number of halogens is 1. The third-order valence-electron chi connectivity index (χ3n) is 1.60. The van der Waals surface area contributed by atoms with Gasteiger partial charge in [0.1, 0.15) is 5.76 Å². The van der Waals surface area contributed by atoms with E-state index in [1.807, 2.05) is 30.5 Å². The fraction of sp³-hybridized carbons (Fsp3) is 0.100. The minimum absolute atomic E-state index is 0.205. The van der Waals surface area contributed by atoms with Crippen LogP contribution in [0.4, 0.5) is 0 Å². The lowest BCUT2D eigenvalue weighted by atomic mass is 10.2. The molecule has 0 spiro atoms. The van der Waals surface area contributed by atoms with Gasteiger partial charge in [0.05, 0.1) is 4.20 Å². The number of rotatable bonds is 2. The van der Waals surface area contributed by atoms with Crippen LogP contribution >= 0.6 is 39.9 Å². The minimum atomic E-state index is 0.205. The summed E-state index contributed by atoms with van der Waals surface area (Å²) >= 11 is 9.74. The number of aliphatic hydroxyl groups excluding tert-OH is 1. The molecule has 0 bridgehead atoms. The summed E-state index contributed by atoms with van der Waals surface area (Å²) in [6, 6.07) is 7.42. The van der Waals surface area contributed by atoms with Gasteiger partial charge in [-0.05, 0) is 18.4 Å². The number of thioether (sulfide) groups is 1. The zero-order chi connectivity index (χ0) is 10.6. The Morgan fingerprint density at radius 3 is 2.50 bits per heavy atom. The summed E-state index contributed by atoms with van der Waals surface area (Å²) in [5, 5.41) is 9.66. The summed E-state index contributed by atoms with van der Waals surface area (Å²) in [6.45, 7) is 0. The lowest BCUT2D eigenvalue weighted by Crippen LogP contribution is -1.86.